The van der Waals surface area contributed by atoms with Crippen molar-refractivity contribution in [3.63, 3.8) is 0 Å². The van der Waals surface area contributed by atoms with E-state index in [9.17, 15) is 5.11 Å². The van der Waals surface area contributed by atoms with Crippen molar-refractivity contribution in [2.24, 2.45) is 5.92 Å². The lowest BCUT2D eigenvalue weighted by Crippen LogP contribution is -3.00. The van der Waals surface area contributed by atoms with Gasteiger partial charge in [0.25, 0.3) is 0 Å². The highest BCUT2D eigenvalue weighted by atomic mass is 79.9. The van der Waals surface area contributed by atoms with Gasteiger partial charge in [-0.2, -0.15) is 0 Å². The molecule has 1 aliphatic heterocycles. The molecule has 0 amide bonds. The van der Waals surface area contributed by atoms with Gasteiger partial charge in [-0.05, 0) is 48.3 Å². The lowest BCUT2D eigenvalue weighted by molar-refractivity contribution is -0.952. The summed E-state index contributed by atoms with van der Waals surface area (Å²) in [7, 11) is 0. The van der Waals surface area contributed by atoms with Crippen molar-refractivity contribution >= 4 is 0 Å². The number of hydrogen-bond acceptors (Lipinski definition) is 1. The summed E-state index contributed by atoms with van der Waals surface area (Å²) in [6, 6.07) is 6.83. The fraction of sp³-hybridized carbons (Fsp3) is 0.545. The molecular weight excluding hydrogens is 374 g/mol. The number of phenolic OH excluding ortho intramolecular Hbond substituents is 1. The van der Waals surface area contributed by atoms with Gasteiger partial charge in [-0.25, -0.2) is 0 Å². The molecule has 0 unspecified atom stereocenters. The SMILES string of the molecule is C=CC[N+]1(CC=C)CC[C@]23CCCC[C@H]2[C@@H]1Cc1ccc(O)cc13.[Br-]. The van der Waals surface area contributed by atoms with Crippen molar-refractivity contribution in [1.82, 2.24) is 0 Å². The average molecular weight is 404 g/mol. The van der Waals surface area contributed by atoms with Gasteiger partial charge in [-0.3, -0.25) is 0 Å². The number of benzene rings is 1. The molecule has 1 aromatic rings. The molecule has 0 radical (unpaired) electrons. The Balaban J connectivity index is 0.00000182. The zero-order chi connectivity index (χ0) is 16.8. The second kappa shape index (κ2) is 6.92. The van der Waals surface area contributed by atoms with Gasteiger partial charge < -0.3 is 26.6 Å². The summed E-state index contributed by atoms with van der Waals surface area (Å²) < 4.78 is 1.14. The van der Waals surface area contributed by atoms with Gasteiger partial charge in [0, 0.05) is 24.2 Å². The minimum atomic E-state index is 0. The van der Waals surface area contributed by atoms with Crippen molar-refractivity contribution in [2.45, 2.75) is 50.0 Å². The van der Waals surface area contributed by atoms with Crippen LogP contribution in [0.1, 0.15) is 43.2 Å². The van der Waals surface area contributed by atoms with Crippen LogP contribution in [0.4, 0.5) is 0 Å². The Morgan fingerprint density at radius 2 is 1.92 bits per heavy atom. The monoisotopic (exact) mass is 403 g/mol. The molecule has 1 saturated heterocycles. The van der Waals surface area contributed by atoms with Gasteiger partial charge in [0.05, 0.1) is 25.7 Å². The standard InChI is InChI=1S/C22H29NO.BrH/c1-3-12-23(13-4-2)14-11-22-10-6-5-7-19(22)21(23)15-17-8-9-18(24)16-20(17)22;/h3-4,8-9,16,19,21H,1-2,5-7,10-15H2;1H/t19-,21-,22+;/m0./s1. The molecule has 136 valence electrons. The summed E-state index contributed by atoms with van der Waals surface area (Å²) in [5, 5.41) is 10.1. The highest BCUT2D eigenvalue weighted by molar-refractivity contribution is 5.44. The van der Waals surface area contributed by atoms with Crippen LogP contribution in [0.15, 0.2) is 43.5 Å². The number of likely N-dealkylation sites (tertiary alicyclic amines) is 1. The van der Waals surface area contributed by atoms with Crippen LogP contribution in [0.2, 0.25) is 0 Å². The predicted octanol–water partition coefficient (Wildman–Crippen LogP) is 1.34. The number of hydrogen-bond donors (Lipinski definition) is 1. The maximum atomic E-state index is 10.1. The first kappa shape index (κ1) is 18.7. The fourth-order valence-corrected chi connectivity index (χ4v) is 6.39. The zero-order valence-electron chi connectivity index (χ0n) is 15.1. The van der Waals surface area contributed by atoms with E-state index in [1.807, 2.05) is 6.07 Å². The Morgan fingerprint density at radius 3 is 2.64 bits per heavy atom. The molecule has 0 spiro atoms. The number of aromatic hydroxyl groups is 1. The molecule has 1 saturated carbocycles. The molecule has 3 aliphatic rings. The third-order valence-electron chi connectivity index (χ3n) is 7.31. The van der Waals surface area contributed by atoms with Crippen molar-refractivity contribution in [3.05, 3.63) is 54.6 Å². The minimum Gasteiger partial charge on any atom is -1.00 e. The van der Waals surface area contributed by atoms with Crippen molar-refractivity contribution < 1.29 is 26.6 Å². The summed E-state index contributed by atoms with van der Waals surface area (Å²) in [6.45, 7) is 11.4. The molecule has 25 heavy (non-hydrogen) atoms. The first-order valence-corrected chi connectivity index (χ1v) is 9.55. The average Bonchev–Trinajstić information content (AvgIpc) is 2.59. The number of nitrogens with zero attached hydrogens (tertiary/aromatic N) is 1. The van der Waals surface area contributed by atoms with E-state index in [4.69, 9.17) is 0 Å². The summed E-state index contributed by atoms with van der Waals surface area (Å²) in [6.07, 6.45) is 12.0. The van der Waals surface area contributed by atoms with E-state index < -0.39 is 0 Å². The Hall–Kier alpha value is -1.06. The largest absolute Gasteiger partial charge is 1.00 e. The maximum absolute atomic E-state index is 10.1. The van der Waals surface area contributed by atoms with E-state index in [-0.39, 0.29) is 17.0 Å². The van der Waals surface area contributed by atoms with Crippen LogP contribution in [-0.2, 0) is 11.8 Å². The molecule has 0 aromatic heterocycles. The highest BCUT2D eigenvalue weighted by Crippen LogP contribution is 2.57. The summed E-state index contributed by atoms with van der Waals surface area (Å²) in [5.41, 5.74) is 3.25. The number of halogens is 1. The fourth-order valence-electron chi connectivity index (χ4n) is 6.39. The molecule has 3 heteroatoms. The topological polar surface area (TPSA) is 20.2 Å². The quantitative estimate of drug-likeness (QED) is 0.593. The van der Waals surface area contributed by atoms with Crippen molar-refractivity contribution in [1.29, 1.82) is 0 Å². The first-order valence-electron chi connectivity index (χ1n) is 9.55. The minimum absolute atomic E-state index is 0. The lowest BCUT2D eigenvalue weighted by atomic mass is 9.51. The molecule has 1 N–H and O–H groups in total. The molecule has 3 atom stereocenters. The number of piperidine rings is 1. The predicted molar refractivity (Wildman–Crippen MR) is 99.1 cm³/mol. The Kier molecular flexibility index (Phi) is 5.18. The molecule has 2 bridgehead atoms. The van der Waals surface area contributed by atoms with E-state index in [0.29, 0.717) is 17.2 Å². The van der Waals surface area contributed by atoms with Crippen molar-refractivity contribution in [3.8, 4) is 5.75 Å². The molecule has 2 nitrogen and oxygen atoms in total. The number of rotatable bonds is 4. The second-order valence-electron chi connectivity index (χ2n) is 8.26. The summed E-state index contributed by atoms with van der Waals surface area (Å²) in [4.78, 5) is 0. The van der Waals surface area contributed by atoms with Crippen LogP contribution in [0.25, 0.3) is 0 Å². The number of fused-ring (bicyclic) bond motifs is 1. The molecule has 1 aromatic carbocycles. The van der Waals surface area contributed by atoms with Crippen LogP contribution in [0.5, 0.6) is 5.75 Å². The Bertz CT molecular complexity index is 660. The zero-order valence-corrected chi connectivity index (χ0v) is 16.7. The van der Waals surface area contributed by atoms with Crippen LogP contribution in [-0.4, -0.2) is 35.3 Å². The third kappa shape index (κ3) is 2.71. The summed E-state index contributed by atoms with van der Waals surface area (Å²) >= 11 is 0. The molecule has 4 rings (SSSR count). The second-order valence-corrected chi connectivity index (χ2v) is 8.26. The molecule has 2 aliphatic carbocycles. The lowest BCUT2D eigenvalue weighted by Gasteiger charge is -2.62. The highest BCUT2D eigenvalue weighted by Gasteiger charge is 2.59. The van der Waals surface area contributed by atoms with E-state index >= 15 is 0 Å². The van der Waals surface area contributed by atoms with E-state index in [1.165, 1.54) is 49.8 Å². The van der Waals surface area contributed by atoms with Gasteiger partial charge in [0.1, 0.15) is 5.75 Å². The van der Waals surface area contributed by atoms with Gasteiger partial charge in [0.15, 0.2) is 0 Å². The van der Waals surface area contributed by atoms with Gasteiger partial charge >= 0.3 is 0 Å². The van der Waals surface area contributed by atoms with E-state index in [1.54, 1.807) is 0 Å². The molecular formula is C22H30BrNO. The van der Waals surface area contributed by atoms with Crippen LogP contribution in [0.3, 0.4) is 0 Å². The normalized spacial score (nSPS) is 31.8. The molecule has 2 fully saturated rings. The van der Waals surface area contributed by atoms with Crippen LogP contribution < -0.4 is 17.0 Å². The van der Waals surface area contributed by atoms with Gasteiger partial charge in [-0.1, -0.05) is 32.1 Å². The van der Waals surface area contributed by atoms with E-state index in [2.05, 4.69) is 37.4 Å². The smallest absolute Gasteiger partial charge is 0.115 e. The Morgan fingerprint density at radius 1 is 1.16 bits per heavy atom. The van der Waals surface area contributed by atoms with Crippen LogP contribution in [0, 0.1) is 5.92 Å². The van der Waals surface area contributed by atoms with Crippen molar-refractivity contribution in [2.75, 3.05) is 19.6 Å². The Labute approximate surface area is 162 Å². The molecule has 1 heterocycles. The van der Waals surface area contributed by atoms with Gasteiger partial charge in [0.2, 0.25) is 0 Å². The first-order chi connectivity index (χ1) is 11.6. The number of quaternary nitrogens is 1. The van der Waals surface area contributed by atoms with E-state index in [0.717, 1.165) is 29.9 Å². The summed E-state index contributed by atoms with van der Waals surface area (Å²) in [5.74, 6) is 1.18. The van der Waals surface area contributed by atoms with Gasteiger partial charge in [-0.15, -0.1) is 0 Å². The maximum Gasteiger partial charge on any atom is 0.115 e. The van der Waals surface area contributed by atoms with Crippen LogP contribution >= 0.6 is 0 Å². The third-order valence-corrected chi connectivity index (χ3v) is 7.31. The number of phenols is 1.